The summed E-state index contributed by atoms with van der Waals surface area (Å²) >= 11 is 0. The molecule has 5 atom stereocenters. The van der Waals surface area contributed by atoms with Crippen LogP contribution in [-0.2, 0) is 14.3 Å². The van der Waals surface area contributed by atoms with Crippen LogP contribution < -0.4 is 0 Å². The summed E-state index contributed by atoms with van der Waals surface area (Å²) in [5.74, 6) is 2.08. The van der Waals surface area contributed by atoms with E-state index in [4.69, 9.17) is 9.47 Å². The van der Waals surface area contributed by atoms with Gasteiger partial charge in [-0.05, 0) is 43.9 Å². The van der Waals surface area contributed by atoms with E-state index >= 15 is 0 Å². The van der Waals surface area contributed by atoms with Crippen LogP contribution in [0.5, 0.6) is 0 Å². The second kappa shape index (κ2) is 16.1. The summed E-state index contributed by atoms with van der Waals surface area (Å²) in [5, 5.41) is 0. The highest BCUT2D eigenvalue weighted by Gasteiger charge is 2.38. The molecule has 1 amide bonds. The maximum absolute atomic E-state index is 12.3. The predicted octanol–water partition coefficient (Wildman–Crippen LogP) is 6.82. The van der Waals surface area contributed by atoms with E-state index in [0.29, 0.717) is 29.8 Å². The van der Waals surface area contributed by atoms with Gasteiger partial charge in [0.25, 0.3) is 0 Å². The first kappa shape index (κ1) is 27.4. The molecule has 1 aliphatic rings. The van der Waals surface area contributed by atoms with Crippen LogP contribution in [-0.4, -0.2) is 42.9 Å². The van der Waals surface area contributed by atoms with Crippen molar-refractivity contribution in [1.82, 2.24) is 4.90 Å². The number of carbonyl (C=O) groups is 1. The Morgan fingerprint density at radius 2 is 1.37 bits per heavy atom. The van der Waals surface area contributed by atoms with E-state index in [0.717, 1.165) is 58.2 Å². The lowest BCUT2D eigenvalue weighted by Crippen LogP contribution is -2.45. The van der Waals surface area contributed by atoms with Gasteiger partial charge in [-0.1, -0.05) is 73.6 Å². The van der Waals surface area contributed by atoms with Gasteiger partial charge in [0.15, 0.2) is 6.29 Å². The first-order valence-electron chi connectivity index (χ1n) is 13.0. The normalized spacial score (nSPS) is 26.7. The molecule has 0 N–H and O–H groups in total. The van der Waals surface area contributed by atoms with Crippen molar-refractivity contribution in [2.75, 3.05) is 19.7 Å². The molecule has 0 saturated carbocycles. The van der Waals surface area contributed by atoms with Gasteiger partial charge in [0.1, 0.15) is 0 Å². The van der Waals surface area contributed by atoms with Crippen LogP contribution in [0.4, 0.5) is 0 Å². The van der Waals surface area contributed by atoms with E-state index in [2.05, 4.69) is 41.5 Å². The number of unbranched alkanes of at least 4 members (excludes halogenated alkanes) is 6. The van der Waals surface area contributed by atoms with Crippen LogP contribution in [0, 0.1) is 17.8 Å². The van der Waals surface area contributed by atoms with Gasteiger partial charge in [-0.15, -0.1) is 0 Å². The molecule has 0 aromatic carbocycles. The molecule has 1 saturated heterocycles. The summed E-state index contributed by atoms with van der Waals surface area (Å²) in [4.78, 5) is 14.3. The molecule has 0 aliphatic carbocycles. The van der Waals surface area contributed by atoms with E-state index in [1.54, 1.807) is 0 Å². The standard InChI is InChI=1S/C26H51NO3/c1-7-18-27(19-8-2)25(28)17-15-13-11-10-12-14-16-20-29-26-23(6)21(4)22(5)24(9-3)30-26/h21-24,26H,7-20H2,1-6H3. The summed E-state index contributed by atoms with van der Waals surface area (Å²) in [6, 6.07) is 0. The average Bonchev–Trinajstić information content (AvgIpc) is 2.74. The highest BCUT2D eigenvalue weighted by molar-refractivity contribution is 5.76. The highest BCUT2D eigenvalue weighted by atomic mass is 16.7. The molecule has 4 heteroatoms. The van der Waals surface area contributed by atoms with Crippen LogP contribution in [0.2, 0.25) is 0 Å². The minimum Gasteiger partial charge on any atom is -0.352 e. The minimum atomic E-state index is -0.0290. The third kappa shape index (κ3) is 9.68. The molecule has 1 rings (SSSR count). The smallest absolute Gasteiger partial charge is 0.222 e. The molecule has 30 heavy (non-hydrogen) atoms. The zero-order chi connectivity index (χ0) is 22.4. The quantitative estimate of drug-likeness (QED) is 0.255. The van der Waals surface area contributed by atoms with Crippen molar-refractivity contribution in [3.8, 4) is 0 Å². The van der Waals surface area contributed by atoms with Crippen molar-refractivity contribution < 1.29 is 14.3 Å². The molecule has 0 aromatic rings. The predicted molar refractivity (Wildman–Crippen MR) is 126 cm³/mol. The number of ether oxygens (including phenoxy) is 2. The van der Waals surface area contributed by atoms with E-state index in [-0.39, 0.29) is 6.29 Å². The van der Waals surface area contributed by atoms with E-state index in [1.807, 2.05) is 4.90 Å². The molecule has 4 nitrogen and oxygen atoms in total. The first-order valence-corrected chi connectivity index (χ1v) is 13.0. The van der Waals surface area contributed by atoms with Gasteiger partial charge in [-0.2, -0.15) is 0 Å². The minimum absolute atomic E-state index is 0.0290. The van der Waals surface area contributed by atoms with Crippen LogP contribution in [0.3, 0.4) is 0 Å². The zero-order valence-corrected chi connectivity index (χ0v) is 21.0. The van der Waals surface area contributed by atoms with Gasteiger partial charge in [0.05, 0.1) is 6.10 Å². The van der Waals surface area contributed by atoms with Gasteiger partial charge >= 0.3 is 0 Å². The fraction of sp³-hybridized carbons (Fsp3) is 0.962. The molecular weight excluding hydrogens is 374 g/mol. The van der Waals surface area contributed by atoms with Crippen molar-refractivity contribution in [2.45, 2.75) is 125 Å². The number of nitrogens with zero attached hydrogens (tertiary/aromatic N) is 1. The average molecular weight is 426 g/mol. The van der Waals surface area contributed by atoms with Crippen molar-refractivity contribution in [1.29, 1.82) is 0 Å². The number of carbonyl (C=O) groups excluding carboxylic acids is 1. The lowest BCUT2D eigenvalue weighted by atomic mass is 9.78. The van der Waals surface area contributed by atoms with Gasteiger partial charge in [-0.3, -0.25) is 4.79 Å². The molecule has 1 fully saturated rings. The number of rotatable bonds is 16. The monoisotopic (exact) mass is 425 g/mol. The van der Waals surface area contributed by atoms with E-state index < -0.39 is 0 Å². The van der Waals surface area contributed by atoms with Gasteiger partial charge in [-0.25, -0.2) is 0 Å². The summed E-state index contributed by atoms with van der Waals surface area (Å²) in [7, 11) is 0. The Hall–Kier alpha value is -0.610. The van der Waals surface area contributed by atoms with E-state index in [1.165, 1.54) is 32.1 Å². The lowest BCUT2D eigenvalue weighted by molar-refractivity contribution is -0.248. The molecule has 0 spiro atoms. The van der Waals surface area contributed by atoms with E-state index in [9.17, 15) is 4.79 Å². The Kier molecular flexibility index (Phi) is 14.7. The van der Waals surface area contributed by atoms with Crippen molar-refractivity contribution in [3.63, 3.8) is 0 Å². The Morgan fingerprint density at radius 1 is 0.800 bits per heavy atom. The van der Waals surface area contributed by atoms with Crippen LogP contribution >= 0.6 is 0 Å². The van der Waals surface area contributed by atoms with Gasteiger partial charge < -0.3 is 14.4 Å². The maximum Gasteiger partial charge on any atom is 0.222 e. The van der Waals surface area contributed by atoms with Crippen molar-refractivity contribution in [2.24, 2.45) is 17.8 Å². The zero-order valence-electron chi connectivity index (χ0n) is 21.0. The largest absolute Gasteiger partial charge is 0.352 e. The lowest BCUT2D eigenvalue weighted by Gasteiger charge is -2.43. The fourth-order valence-electron chi connectivity index (χ4n) is 4.67. The van der Waals surface area contributed by atoms with Crippen LogP contribution in [0.15, 0.2) is 0 Å². The Bertz CT molecular complexity index is 434. The summed E-state index contributed by atoms with van der Waals surface area (Å²) < 4.78 is 12.3. The highest BCUT2D eigenvalue weighted by Crippen LogP contribution is 2.36. The molecule has 178 valence electrons. The fourth-order valence-corrected chi connectivity index (χ4v) is 4.67. The third-order valence-corrected chi connectivity index (χ3v) is 7.04. The number of hydrogen-bond donors (Lipinski definition) is 0. The second-order valence-electron chi connectivity index (χ2n) is 9.50. The Morgan fingerprint density at radius 3 is 1.93 bits per heavy atom. The molecule has 1 heterocycles. The van der Waals surface area contributed by atoms with Crippen molar-refractivity contribution in [3.05, 3.63) is 0 Å². The van der Waals surface area contributed by atoms with Gasteiger partial charge in [0, 0.05) is 32.0 Å². The molecular formula is C26H51NO3. The Balaban J connectivity index is 2.04. The SMILES string of the molecule is CCCN(CCC)C(=O)CCCCCCCCCOC1OC(CC)C(C)C(C)C1C. The number of amides is 1. The molecule has 0 bridgehead atoms. The first-order chi connectivity index (χ1) is 14.5. The topological polar surface area (TPSA) is 38.8 Å². The Labute approximate surface area is 187 Å². The van der Waals surface area contributed by atoms with Crippen LogP contribution in [0.1, 0.15) is 112 Å². The summed E-state index contributed by atoms with van der Waals surface area (Å²) in [6.45, 7) is 16.1. The summed E-state index contributed by atoms with van der Waals surface area (Å²) in [6.07, 6.45) is 12.5. The third-order valence-electron chi connectivity index (χ3n) is 7.04. The second-order valence-corrected chi connectivity index (χ2v) is 9.50. The molecule has 1 aliphatic heterocycles. The van der Waals surface area contributed by atoms with Crippen molar-refractivity contribution >= 4 is 5.91 Å². The van der Waals surface area contributed by atoms with Crippen LogP contribution in [0.25, 0.3) is 0 Å². The maximum atomic E-state index is 12.3. The number of hydrogen-bond acceptors (Lipinski definition) is 3. The molecule has 0 aromatic heterocycles. The molecule has 5 unspecified atom stereocenters. The summed E-state index contributed by atoms with van der Waals surface area (Å²) in [5.41, 5.74) is 0. The van der Waals surface area contributed by atoms with Gasteiger partial charge in [0.2, 0.25) is 5.91 Å². The molecule has 0 radical (unpaired) electrons.